The summed E-state index contributed by atoms with van der Waals surface area (Å²) >= 11 is 0. The molecular formula is C11H15F3N3+. The summed E-state index contributed by atoms with van der Waals surface area (Å²) in [6, 6.07) is 2.54. The van der Waals surface area contributed by atoms with E-state index in [0.717, 1.165) is 38.4 Å². The predicted octanol–water partition coefficient (Wildman–Crippen LogP) is 0.435. The van der Waals surface area contributed by atoms with Gasteiger partial charge in [-0.1, -0.05) is 0 Å². The number of likely N-dealkylation sites (N-methyl/N-ethyl adjacent to an activating group) is 1. The molecule has 0 amide bonds. The van der Waals surface area contributed by atoms with E-state index in [-0.39, 0.29) is 0 Å². The van der Waals surface area contributed by atoms with E-state index in [1.54, 1.807) is 0 Å². The number of alkyl halides is 3. The molecule has 94 valence electrons. The van der Waals surface area contributed by atoms with E-state index in [1.165, 1.54) is 11.0 Å². The molecule has 1 saturated heterocycles. The van der Waals surface area contributed by atoms with Gasteiger partial charge in [-0.2, -0.15) is 13.2 Å². The summed E-state index contributed by atoms with van der Waals surface area (Å²) in [6.45, 7) is 3.65. The highest BCUT2D eigenvalue weighted by Crippen LogP contribution is 2.29. The van der Waals surface area contributed by atoms with Gasteiger partial charge >= 0.3 is 6.18 Å². The van der Waals surface area contributed by atoms with E-state index in [4.69, 9.17) is 0 Å². The number of anilines is 1. The van der Waals surface area contributed by atoms with Gasteiger partial charge in [0.2, 0.25) is 0 Å². The summed E-state index contributed by atoms with van der Waals surface area (Å²) < 4.78 is 37.1. The summed E-state index contributed by atoms with van der Waals surface area (Å²) in [4.78, 5) is 7.35. The Labute approximate surface area is 97.9 Å². The first kappa shape index (κ1) is 12.2. The largest absolute Gasteiger partial charge is 0.417 e. The van der Waals surface area contributed by atoms with Gasteiger partial charge < -0.3 is 9.80 Å². The third kappa shape index (κ3) is 2.88. The Kier molecular flexibility index (Phi) is 3.24. The molecule has 1 aliphatic heterocycles. The lowest BCUT2D eigenvalue weighted by molar-refractivity contribution is -0.880. The van der Waals surface area contributed by atoms with Crippen LogP contribution in [0.15, 0.2) is 18.3 Å². The van der Waals surface area contributed by atoms with Crippen molar-refractivity contribution in [1.82, 2.24) is 4.98 Å². The van der Waals surface area contributed by atoms with Crippen molar-refractivity contribution in [2.45, 2.75) is 6.18 Å². The van der Waals surface area contributed by atoms with Gasteiger partial charge in [-0.25, -0.2) is 4.98 Å². The molecule has 1 aliphatic rings. The molecule has 0 aromatic carbocycles. The lowest BCUT2D eigenvalue weighted by Crippen LogP contribution is -3.12. The summed E-state index contributed by atoms with van der Waals surface area (Å²) in [5, 5.41) is 0. The third-order valence-electron chi connectivity index (χ3n) is 3.02. The number of hydrogen-bond donors (Lipinski definition) is 1. The van der Waals surface area contributed by atoms with Crippen LogP contribution in [0.3, 0.4) is 0 Å². The van der Waals surface area contributed by atoms with Crippen molar-refractivity contribution in [3.05, 3.63) is 23.9 Å². The van der Waals surface area contributed by atoms with Gasteiger partial charge in [-0.3, -0.25) is 0 Å². The molecule has 1 fully saturated rings. The zero-order valence-corrected chi connectivity index (χ0v) is 9.59. The second-order valence-electron chi connectivity index (χ2n) is 4.35. The van der Waals surface area contributed by atoms with Crippen LogP contribution in [0, 0.1) is 0 Å². The Morgan fingerprint density at radius 1 is 1.24 bits per heavy atom. The van der Waals surface area contributed by atoms with E-state index in [9.17, 15) is 13.2 Å². The van der Waals surface area contributed by atoms with Gasteiger partial charge in [0, 0.05) is 6.20 Å². The molecule has 0 bridgehead atoms. The normalized spacial score (nSPS) is 18.5. The Hall–Kier alpha value is -1.30. The van der Waals surface area contributed by atoms with Crippen LogP contribution in [0.5, 0.6) is 0 Å². The average Bonchev–Trinajstić information content (AvgIpc) is 2.29. The first-order chi connectivity index (χ1) is 7.97. The van der Waals surface area contributed by atoms with E-state index in [2.05, 4.69) is 12.0 Å². The van der Waals surface area contributed by atoms with Crippen LogP contribution in [0.1, 0.15) is 5.56 Å². The number of aromatic nitrogens is 1. The van der Waals surface area contributed by atoms with E-state index in [0.29, 0.717) is 5.82 Å². The molecule has 1 aromatic rings. The number of nitrogens with one attached hydrogen (secondary N) is 1. The molecular weight excluding hydrogens is 231 g/mol. The van der Waals surface area contributed by atoms with Gasteiger partial charge in [0.1, 0.15) is 5.82 Å². The minimum atomic E-state index is -4.31. The quantitative estimate of drug-likeness (QED) is 0.776. The first-order valence-electron chi connectivity index (χ1n) is 5.56. The van der Waals surface area contributed by atoms with Crippen LogP contribution in [0.4, 0.5) is 19.0 Å². The maximum atomic E-state index is 12.4. The van der Waals surface area contributed by atoms with Gasteiger partial charge in [-0.15, -0.1) is 0 Å². The van der Waals surface area contributed by atoms with Crippen molar-refractivity contribution in [3.8, 4) is 0 Å². The Balaban J connectivity index is 2.08. The predicted molar refractivity (Wildman–Crippen MR) is 58.1 cm³/mol. The number of pyridine rings is 1. The highest BCUT2D eigenvalue weighted by atomic mass is 19.4. The second-order valence-corrected chi connectivity index (χ2v) is 4.35. The zero-order chi connectivity index (χ0) is 12.5. The highest BCUT2D eigenvalue weighted by molar-refractivity contribution is 5.39. The number of piperazine rings is 1. The summed E-state index contributed by atoms with van der Waals surface area (Å²) in [5.74, 6) is 0.630. The lowest BCUT2D eigenvalue weighted by Gasteiger charge is -2.30. The number of quaternary nitrogens is 1. The van der Waals surface area contributed by atoms with Crippen molar-refractivity contribution in [2.75, 3.05) is 38.1 Å². The molecule has 0 radical (unpaired) electrons. The van der Waals surface area contributed by atoms with Crippen LogP contribution in [-0.4, -0.2) is 38.2 Å². The van der Waals surface area contributed by atoms with Crippen LogP contribution >= 0.6 is 0 Å². The maximum Gasteiger partial charge on any atom is 0.417 e. The molecule has 0 saturated carbocycles. The molecule has 2 heterocycles. The van der Waals surface area contributed by atoms with Gasteiger partial charge in [0.05, 0.1) is 38.8 Å². The van der Waals surface area contributed by atoms with E-state index < -0.39 is 11.7 Å². The second kappa shape index (κ2) is 4.52. The number of rotatable bonds is 1. The standard InChI is InChI=1S/C11H14F3N3/c1-16-4-6-17(7-5-16)10-3-2-9(8-15-10)11(12,13)14/h2-3,8H,4-7H2,1H3/p+1. The number of halogens is 3. The van der Waals surface area contributed by atoms with Crippen molar-refractivity contribution in [3.63, 3.8) is 0 Å². The van der Waals surface area contributed by atoms with Gasteiger partial charge in [0.25, 0.3) is 0 Å². The van der Waals surface area contributed by atoms with Crippen molar-refractivity contribution in [2.24, 2.45) is 0 Å². The fourth-order valence-electron chi connectivity index (χ4n) is 1.86. The van der Waals surface area contributed by atoms with Crippen LogP contribution in [0.25, 0.3) is 0 Å². The van der Waals surface area contributed by atoms with E-state index >= 15 is 0 Å². The van der Waals surface area contributed by atoms with Crippen molar-refractivity contribution in [1.29, 1.82) is 0 Å². The molecule has 3 nitrogen and oxygen atoms in total. The Morgan fingerprint density at radius 2 is 1.88 bits per heavy atom. The van der Waals surface area contributed by atoms with Crippen molar-refractivity contribution < 1.29 is 18.1 Å². The smallest absolute Gasteiger partial charge is 0.345 e. The number of nitrogens with zero attached hydrogens (tertiary/aromatic N) is 2. The lowest BCUT2D eigenvalue weighted by atomic mass is 10.2. The molecule has 0 aliphatic carbocycles. The zero-order valence-electron chi connectivity index (χ0n) is 9.59. The molecule has 1 aromatic heterocycles. The van der Waals surface area contributed by atoms with Crippen LogP contribution < -0.4 is 9.80 Å². The number of hydrogen-bond acceptors (Lipinski definition) is 2. The summed E-state index contributed by atoms with van der Waals surface area (Å²) in [5.41, 5.74) is -0.694. The molecule has 0 spiro atoms. The maximum absolute atomic E-state index is 12.4. The Bertz CT molecular complexity index is 367. The van der Waals surface area contributed by atoms with Gasteiger partial charge in [0.15, 0.2) is 0 Å². The molecule has 6 heteroatoms. The summed E-state index contributed by atoms with van der Waals surface area (Å²) in [7, 11) is 2.11. The molecule has 17 heavy (non-hydrogen) atoms. The average molecular weight is 246 g/mol. The first-order valence-corrected chi connectivity index (χ1v) is 5.56. The monoisotopic (exact) mass is 246 g/mol. The molecule has 0 unspecified atom stereocenters. The Morgan fingerprint density at radius 3 is 2.35 bits per heavy atom. The van der Waals surface area contributed by atoms with E-state index in [1.807, 2.05) is 4.90 Å². The van der Waals surface area contributed by atoms with Crippen LogP contribution in [-0.2, 0) is 6.18 Å². The highest BCUT2D eigenvalue weighted by Gasteiger charge is 2.31. The molecule has 2 rings (SSSR count). The van der Waals surface area contributed by atoms with Crippen molar-refractivity contribution >= 4 is 5.82 Å². The van der Waals surface area contributed by atoms with Gasteiger partial charge in [-0.05, 0) is 12.1 Å². The summed E-state index contributed by atoms with van der Waals surface area (Å²) in [6.07, 6.45) is -3.40. The fraction of sp³-hybridized carbons (Fsp3) is 0.545. The van der Waals surface area contributed by atoms with Crippen LogP contribution in [0.2, 0.25) is 0 Å². The SMILES string of the molecule is C[NH+]1CCN(c2ccc(C(F)(F)F)cn2)CC1. The fourth-order valence-corrected chi connectivity index (χ4v) is 1.86. The minimum absolute atomic E-state index is 0.630. The third-order valence-corrected chi connectivity index (χ3v) is 3.02. The molecule has 1 N–H and O–H groups in total. The topological polar surface area (TPSA) is 20.6 Å². The minimum Gasteiger partial charge on any atom is -0.345 e. The molecule has 0 atom stereocenters.